The molecule has 0 amide bonds. The number of sulfonamides is 1. The molecular weight excluding hydrogens is 376 g/mol. The lowest BCUT2D eigenvalue weighted by molar-refractivity contribution is 0.0976. The molecule has 0 aliphatic rings. The fourth-order valence-electron chi connectivity index (χ4n) is 3.02. The fraction of sp³-hybridized carbons (Fsp3) is 0.250. The Balaban J connectivity index is 1.90. The van der Waals surface area contributed by atoms with Crippen molar-refractivity contribution in [2.45, 2.75) is 24.7 Å². The van der Waals surface area contributed by atoms with E-state index in [1.165, 1.54) is 28.6 Å². The maximum Gasteiger partial charge on any atom is 0.243 e. The average Bonchev–Trinajstić information content (AvgIpc) is 3.13. The summed E-state index contributed by atoms with van der Waals surface area (Å²) in [6.45, 7) is 4.26. The highest BCUT2D eigenvalue weighted by molar-refractivity contribution is 7.89. The monoisotopic (exact) mass is 396 g/mol. The number of H-pyrrole nitrogens is 1. The molecule has 0 bridgehead atoms. The second kappa shape index (κ2) is 7.92. The molecule has 28 heavy (non-hydrogen) atoms. The fourth-order valence-corrected chi connectivity index (χ4v) is 4.48. The van der Waals surface area contributed by atoms with Gasteiger partial charge in [-0.1, -0.05) is 38.1 Å². The van der Waals surface area contributed by atoms with E-state index in [-0.39, 0.29) is 16.3 Å². The summed E-state index contributed by atoms with van der Waals surface area (Å²) in [5, 5.41) is 9.52. The van der Waals surface area contributed by atoms with Gasteiger partial charge >= 0.3 is 0 Å². The number of benzene rings is 2. The lowest BCUT2D eigenvalue weighted by Crippen LogP contribution is -2.30. The van der Waals surface area contributed by atoms with Crippen molar-refractivity contribution in [1.82, 2.24) is 14.3 Å². The van der Waals surface area contributed by atoms with Crippen molar-refractivity contribution >= 4 is 26.8 Å². The standard InChI is InChI=1S/C20H20N4O3S/c1-3-24(4-2)28(26,27)15-11-9-14(10-12-15)19(25)16(13-21)20-22-17-7-5-6-8-18(17)23-20/h5-12,16H,3-4H2,1-2H3,(H,22,23). The number of ketones is 1. The summed E-state index contributed by atoms with van der Waals surface area (Å²) in [7, 11) is -3.60. The number of Topliss-reactive ketones (excluding diaryl/α,β-unsaturated/α-hetero) is 1. The number of hydrogen-bond acceptors (Lipinski definition) is 5. The first kappa shape index (κ1) is 19.7. The predicted octanol–water partition coefficient (Wildman–Crippen LogP) is 3.08. The number of rotatable bonds is 7. The van der Waals surface area contributed by atoms with E-state index in [1.807, 2.05) is 24.3 Å². The molecular formula is C20H20N4O3S. The second-order valence-electron chi connectivity index (χ2n) is 6.18. The molecule has 0 aliphatic carbocycles. The van der Waals surface area contributed by atoms with Crippen molar-refractivity contribution in [3.63, 3.8) is 0 Å². The van der Waals surface area contributed by atoms with Crippen LogP contribution < -0.4 is 0 Å². The quantitative estimate of drug-likeness (QED) is 0.618. The van der Waals surface area contributed by atoms with E-state index in [9.17, 15) is 18.5 Å². The Hall–Kier alpha value is -3.02. The van der Waals surface area contributed by atoms with Crippen LogP contribution in [0.5, 0.6) is 0 Å². The summed E-state index contributed by atoms with van der Waals surface area (Å²) in [4.78, 5) is 20.3. The van der Waals surface area contributed by atoms with Crippen LogP contribution in [0.4, 0.5) is 0 Å². The lowest BCUT2D eigenvalue weighted by Gasteiger charge is -2.18. The molecule has 1 aromatic heterocycles. The Labute approximate surface area is 163 Å². The van der Waals surface area contributed by atoms with Gasteiger partial charge in [-0.15, -0.1) is 0 Å². The van der Waals surface area contributed by atoms with Crippen LogP contribution in [-0.2, 0) is 10.0 Å². The molecule has 0 spiro atoms. The van der Waals surface area contributed by atoms with Gasteiger partial charge in [0.05, 0.1) is 22.0 Å². The third kappa shape index (κ3) is 3.54. The summed E-state index contributed by atoms with van der Waals surface area (Å²) < 4.78 is 26.5. The van der Waals surface area contributed by atoms with Crippen LogP contribution in [-0.4, -0.2) is 41.6 Å². The summed E-state index contributed by atoms with van der Waals surface area (Å²) in [6.07, 6.45) is 0. The van der Waals surface area contributed by atoms with Crippen LogP contribution in [0, 0.1) is 11.3 Å². The van der Waals surface area contributed by atoms with Crippen molar-refractivity contribution in [2.24, 2.45) is 0 Å². The van der Waals surface area contributed by atoms with Crippen molar-refractivity contribution in [3.8, 4) is 6.07 Å². The molecule has 3 aromatic rings. The van der Waals surface area contributed by atoms with Gasteiger partial charge in [-0.05, 0) is 24.3 Å². The largest absolute Gasteiger partial charge is 0.340 e. The normalized spacial score (nSPS) is 12.8. The number of imidazole rings is 1. The molecule has 0 aliphatic heterocycles. The number of fused-ring (bicyclic) bond motifs is 1. The Bertz CT molecular complexity index is 1110. The molecule has 0 saturated carbocycles. The maximum absolute atomic E-state index is 12.8. The van der Waals surface area contributed by atoms with Crippen LogP contribution in [0.25, 0.3) is 11.0 Å². The predicted molar refractivity (Wildman–Crippen MR) is 105 cm³/mol. The van der Waals surface area contributed by atoms with Crippen LogP contribution in [0.15, 0.2) is 53.4 Å². The topological polar surface area (TPSA) is 107 Å². The van der Waals surface area contributed by atoms with Gasteiger partial charge in [-0.2, -0.15) is 9.57 Å². The molecule has 1 atom stereocenters. The van der Waals surface area contributed by atoms with Gasteiger partial charge in [0.15, 0.2) is 11.7 Å². The Kier molecular flexibility index (Phi) is 5.58. The van der Waals surface area contributed by atoms with Gasteiger partial charge in [-0.3, -0.25) is 4.79 Å². The van der Waals surface area contributed by atoms with Gasteiger partial charge in [0.1, 0.15) is 5.82 Å². The van der Waals surface area contributed by atoms with E-state index < -0.39 is 21.7 Å². The molecule has 8 heteroatoms. The summed E-state index contributed by atoms with van der Waals surface area (Å²) in [5.41, 5.74) is 1.67. The molecule has 1 heterocycles. The average molecular weight is 396 g/mol. The van der Waals surface area contributed by atoms with Crippen LogP contribution >= 0.6 is 0 Å². The van der Waals surface area contributed by atoms with Crippen LogP contribution in [0.3, 0.4) is 0 Å². The zero-order valence-corrected chi connectivity index (χ0v) is 16.4. The number of carbonyl (C=O) groups excluding carboxylic acids is 1. The van der Waals surface area contributed by atoms with Crippen molar-refractivity contribution in [2.75, 3.05) is 13.1 Å². The van der Waals surface area contributed by atoms with Gasteiger partial charge in [0.2, 0.25) is 10.0 Å². The summed E-state index contributed by atoms with van der Waals surface area (Å²) in [5.74, 6) is -1.26. The Morgan fingerprint density at radius 1 is 1.14 bits per heavy atom. The number of carbonyl (C=O) groups is 1. The van der Waals surface area contributed by atoms with Gasteiger partial charge < -0.3 is 4.98 Å². The summed E-state index contributed by atoms with van der Waals surface area (Å²) >= 11 is 0. The van der Waals surface area contributed by atoms with Crippen molar-refractivity contribution in [3.05, 3.63) is 59.9 Å². The first-order chi connectivity index (χ1) is 13.4. The number of para-hydroxylation sites is 2. The first-order valence-electron chi connectivity index (χ1n) is 8.91. The number of aromatic amines is 1. The zero-order valence-electron chi connectivity index (χ0n) is 15.6. The highest BCUT2D eigenvalue weighted by atomic mass is 32.2. The minimum Gasteiger partial charge on any atom is -0.340 e. The van der Waals surface area contributed by atoms with Gasteiger partial charge in [0.25, 0.3) is 0 Å². The van der Waals surface area contributed by atoms with E-state index in [0.29, 0.717) is 18.6 Å². The number of aromatic nitrogens is 2. The summed E-state index contributed by atoms with van der Waals surface area (Å²) in [6, 6.07) is 14.9. The molecule has 0 fully saturated rings. The van der Waals surface area contributed by atoms with E-state index in [2.05, 4.69) is 9.97 Å². The molecule has 1 N–H and O–H groups in total. The number of nitrogens with zero attached hydrogens (tertiary/aromatic N) is 3. The number of nitriles is 1. The van der Waals surface area contributed by atoms with Crippen LogP contribution in [0.1, 0.15) is 35.9 Å². The molecule has 1 unspecified atom stereocenters. The SMILES string of the molecule is CCN(CC)S(=O)(=O)c1ccc(C(=O)C(C#N)c2nc3ccccc3[nH]2)cc1. The third-order valence-electron chi connectivity index (χ3n) is 4.55. The molecule has 144 valence electrons. The lowest BCUT2D eigenvalue weighted by atomic mass is 9.98. The maximum atomic E-state index is 12.8. The third-order valence-corrected chi connectivity index (χ3v) is 6.62. The number of nitrogens with one attached hydrogen (secondary N) is 1. The van der Waals surface area contributed by atoms with E-state index in [4.69, 9.17) is 0 Å². The smallest absolute Gasteiger partial charge is 0.243 e. The Morgan fingerprint density at radius 3 is 2.36 bits per heavy atom. The second-order valence-corrected chi connectivity index (χ2v) is 8.12. The van der Waals surface area contributed by atoms with E-state index >= 15 is 0 Å². The highest BCUT2D eigenvalue weighted by Gasteiger charge is 2.26. The van der Waals surface area contributed by atoms with Gasteiger partial charge in [-0.25, -0.2) is 13.4 Å². The van der Waals surface area contributed by atoms with Crippen molar-refractivity contribution in [1.29, 1.82) is 5.26 Å². The molecule has 0 radical (unpaired) electrons. The minimum absolute atomic E-state index is 0.116. The first-order valence-corrected chi connectivity index (χ1v) is 10.3. The molecule has 0 saturated heterocycles. The molecule has 3 rings (SSSR count). The zero-order chi connectivity index (χ0) is 20.3. The minimum atomic E-state index is -3.60. The Morgan fingerprint density at radius 2 is 1.79 bits per heavy atom. The van der Waals surface area contributed by atoms with E-state index in [1.54, 1.807) is 19.9 Å². The van der Waals surface area contributed by atoms with Crippen LogP contribution in [0.2, 0.25) is 0 Å². The molecule has 2 aromatic carbocycles. The number of hydrogen-bond donors (Lipinski definition) is 1. The van der Waals surface area contributed by atoms with Gasteiger partial charge in [0, 0.05) is 18.7 Å². The molecule has 7 nitrogen and oxygen atoms in total. The van der Waals surface area contributed by atoms with Crippen molar-refractivity contribution < 1.29 is 13.2 Å². The highest BCUT2D eigenvalue weighted by Crippen LogP contribution is 2.23. The van der Waals surface area contributed by atoms with E-state index in [0.717, 1.165) is 5.52 Å².